The molecule has 0 aliphatic rings. The van der Waals surface area contributed by atoms with E-state index < -0.39 is 71.1 Å². The average molecular weight is 1420 g/mol. The lowest BCUT2D eigenvalue weighted by Gasteiger charge is -2.36. The van der Waals surface area contributed by atoms with Crippen molar-refractivity contribution in [1.82, 2.24) is 9.13 Å². The number of carbonyl (C=O) groups is 4. The third-order valence-electron chi connectivity index (χ3n) is 20.9. The van der Waals surface area contributed by atoms with Gasteiger partial charge in [-0.05, 0) is 172 Å². The number of ketones is 4. The summed E-state index contributed by atoms with van der Waals surface area (Å²) in [7, 11) is 0. The molecule has 12 aromatic rings. The van der Waals surface area contributed by atoms with Crippen LogP contribution in [0.15, 0.2) is 170 Å². The summed E-state index contributed by atoms with van der Waals surface area (Å²) in [6.07, 6.45) is 7.57. The SMILES string of the molecule is CCCCC(CC)Cn1c2ccc(C(=O)c3ccccc3OCC(F)(F)C(F)(F)C(F)(F)C(F)(F)COc3ccccc3C(=O)c3ccc4c(c3)c3cc(C(=O)c5c(C)cc(C)cc5C)c5ccccc5c3n4CC(CC)CCCC)cc2c2cc(C(=O)c3c(C)cc(C)cc3C)c3ccccc3c21. The zero-order valence-corrected chi connectivity index (χ0v) is 60.2. The van der Waals surface area contributed by atoms with Gasteiger partial charge in [-0.15, -0.1) is 0 Å². The van der Waals surface area contributed by atoms with E-state index in [2.05, 4.69) is 36.8 Å². The van der Waals surface area contributed by atoms with Gasteiger partial charge in [0.1, 0.15) is 11.5 Å². The second-order valence-electron chi connectivity index (χ2n) is 28.2. The number of nitrogens with zero attached hydrogens (tertiary/aromatic N) is 2. The highest BCUT2D eigenvalue weighted by atomic mass is 19.4. The number of hydrogen-bond donors (Lipinski definition) is 0. The van der Waals surface area contributed by atoms with E-state index in [0.29, 0.717) is 56.9 Å². The summed E-state index contributed by atoms with van der Waals surface area (Å²) in [5, 5.41) is 5.46. The van der Waals surface area contributed by atoms with Crippen molar-refractivity contribution in [1.29, 1.82) is 0 Å². The molecule has 16 heteroatoms. The van der Waals surface area contributed by atoms with Gasteiger partial charge in [-0.25, -0.2) is 0 Å². The molecular formula is C88H84F8N2O6. The van der Waals surface area contributed by atoms with Crippen LogP contribution in [0.4, 0.5) is 35.1 Å². The fourth-order valence-electron chi connectivity index (χ4n) is 15.5. The fourth-order valence-corrected chi connectivity index (χ4v) is 15.5. The molecule has 2 atom stereocenters. The second kappa shape index (κ2) is 29.3. The van der Waals surface area contributed by atoms with Gasteiger partial charge >= 0.3 is 23.7 Å². The van der Waals surface area contributed by atoms with E-state index in [4.69, 9.17) is 9.47 Å². The van der Waals surface area contributed by atoms with Gasteiger partial charge in [-0.1, -0.05) is 174 Å². The number of halogens is 8. The van der Waals surface area contributed by atoms with Gasteiger partial charge in [0.2, 0.25) is 0 Å². The molecule has 0 N–H and O–H groups in total. The first-order valence-electron chi connectivity index (χ1n) is 35.8. The largest absolute Gasteiger partial charge is 0.486 e. The van der Waals surface area contributed by atoms with Gasteiger partial charge in [0, 0.05) is 89.8 Å². The number of aromatic nitrogens is 2. The molecule has 0 saturated heterocycles. The van der Waals surface area contributed by atoms with Gasteiger partial charge in [0.25, 0.3) is 0 Å². The average Bonchev–Trinajstić information content (AvgIpc) is 1.31. The normalized spacial score (nSPS) is 13.1. The Labute approximate surface area is 600 Å². The first kappa shape index (κ1) is 73.8. The fraction of sp³-hybridized carbons (Fsp3) is 0.318. The molecule has 2 unspecified atom stereocenters. The smallest absolute Gasteiger partial charge is 0.381 e. The summed E-state index contributed by atoms with van der Waals surface area (Å²) in [4.78, 5) is 59.4. The van der Waals surface area contributed by atoms with Crippen LogP contribution in [0.25, 0.3) is 65.2 Å². The Kier molecular flexibility index (Phi) is 20.8. The predicted octanol–water partition coefficient (Wildman–Crippen LogP) is 23.4. The van der Waals surface area contributed by atoms with E-state index in [0.717, 1.165) is 140 Å². The molecule has 0 radical (unpaired) electrons. The van der Waals surface area contributed by atoms with E-state index in [1.165, 1.54) is 48.5 Å². The maximum Gasteiger partial charge on any atom is 0.381 e. The molecule has 0 fully saturated rings. The topological polar surface area (TPSA) is 96.6 Å². The van der Waals surface area contributed by atoms with Gasteiger partial charge in [-0.2, -0.15) is 35.1 Å². The highest BCUT2D eigenvalue weighted by molar-refractivity contribution is 6.29. The van der Waals surface area contributed by atoms with Crippen molar-refractivity contribution in [2.45, 2.75) is 157 Å². The third kappa shape index (κ3) is 13.4. The monoisotopic (exact) mass is 1420 g/mol. The summed E-state index contributed by atoms with van der Waals surface area (Å²) < 4.78 is 143. The van der Waals surface area contributed by atoms with Crippen molar-refractivity contribution in [2.24, 2.45) is 11.8 Å². The molecule has 2 aromatic heterocycles. The molecule has 104 heavy (non-hydrogen) atoms. The maximum atomic E-state index is 16.1. The van der Waals surface area contributed by atoms with Crippen molar-refractivity contribution in [3.05, 3.63) is 248 Å². The number of aryl methyl sites for hydroxylation is 6. The van der Waals surface area contributed by atoms with Gasteiger partial charge in [-0.3, -0.25) is 19.2 Å². The molecule has 0 spiro atoms. The van der Waals surface area contributed by atoms with Gasteiger partial charge < -0.3 is 18.6 Å². The molecule has 0 bridgehead atoms. The first-order valence-corrected chi connectivity index (χ1v) is 35.8. The summed E-state index contributed by atoms with van der Waals surface area (Å²) in [5.74, 6) is -28.8. The highest BCUT2D eigenvalue weighted by Crippen LogP contribution is 2.53. The van der Waals surface area contributed by atoms with Crippen LogP contribution < -0.4 is 9.47 Å². The minimum absolute atomic E-state index is 0.00708. The Morgan fingerprint density at radius 1 is 0.375 bits per heavy atom. The molecule has 10 aromatic carbocycles. The lowest BCUT2D eigenvalue weighted by Crippen LogP contribution is -2.65. The molecule has 0 aliphatic heterocycles. The number of rotatable bonds is 29. The number of hydrogen-bond acceptors (Lipinski definition) is 6. The van der Waals surface area contributed by atoms with Crippen molar-refractivity contribution in [3.63, 3.8) is 0 Å². The Balaban J connectivity index is 0.822. The van der Waals surface area contributed by atoms with Crippen LogP contribution in [0, 0.1) is 53.4 Å². The van der Waals surface area contributed by atoms with Crippen molar-refractivity contribution in [2.75, 3.05) is 13.2 Å². The molecule has 0 amide bonds. The summed E-state index contributed by atoms with van der Waals surface area (Å²) in [6, 6.07) is 45.9. The van der Waals surface area contributed by atoms with E-state index in [-0.39, 0.29) is 34.5 Å². The Morgan fingerprint density at radius 3 is 1.06 bits per heavy atom. The van der Waals surface area contributed by atoms with E-state index in [1.807, 2.05) is 126 Å². The minimum Gasteiger partial charge on any atom is -0.486 e. The molecular weight excluding hydrogens is 1330 g/mol. The van der Waals surface area contributed by atoms with Gasteiger partial charge in [0.05, 0.1) is 22.2 Å². The van der Waals surface area contributed by atoms with Crippen molar-refractivity contribution < 1.29 is 63.8 Å². The van der Waals surface area contributed by atoms with Crippen LogP contribution in [-0.2, 0) is 13.1 Å². The zero-order valence-electron chi connectivity index (χ0n) is 60.2. The van der Waals surface area contributed by atoms with E-state index >= 15 is 35.1 Å². The lowest BCUT2D eigenvalue weighted by atomic mass is 9.89. The molecule has 0 saturated carbocycles. The Morgan fingerprint density at radius 2 is 0.712 bits per heavy atom. The van der Waals surface area contributed by atoms with Crippen LogP contribution in [0.3, 0.4) is 0 Å². The lowest BCUT2D eigenvalue weighted by molar-refractivity contribution is -0.371. The Bertz CT molecular complexity index is 5000. The van der Waals surface area contributed by atoms with Crippen LogP contribution in [0.5, 0.6) is 11.5 Å². The van der Waals surface area contributed by atoms with E-state index in [9.17, 15) is 19.2 Å². The van der Waals surface area contributed by atoms with Crippen LogP contribution in [-0.4, -0.2) is 69.2 Å². The third-order valence-corrected chi connectivity index (χ3v) is 20.9. The summed E-state index contributed by atoms with van der Waals surface area (Å²) in [6.45, 7) is 16.0. The van der Waals surface area contributed by atoms with Crippen molar-refractivity contribution >= 4 is 88.3 Å². The number of alkyl halides is 8. The molecule has 0 aliphatic carbocycles. The van der Waals surface area contributed by atoms with Crippen molar-refractivity contribution in [3.8, 4) is 11.5 Å². The van der Waals surface area contributed by atoms with E-state index in [1.54, 1.807) is 24.3 Å². The first-order chi connectivity index (χ1) is 49.6. The Hall–Kier alpha value is -9.96. The number of fused-ring (bicyclic) bond motifs is 10. The number of carbonyl (C=O) groups excluding carboxylic acids is 4. The highest BCUT2D eigenvalue weighted by Gasteiger charge is 2.81. The number of ether oxygens (including phenoxy) is 2. The summed E-state index contributed by atoms with van der Waals surface area (Å²) >= 11 is 0. The number of unbranched alkanes of at least 4 members (excludes halogenated alkanes) is 2. The van der Waals surface area contributed by atoms with Crippen LogP contribution >= 0.6 is 0 Å². The number of benzene rings is 10. The molecule has 538 valence electrons. The van der Waals surface area contributed by atoms with Gasteiger partial charge in [0.15, 0.2) is 36.3 Å². The van der Waals surface area contributed by atoms with Crippen LogP contribution in [0.1, 0.15) is 176 Å². The molecule has 2 heterocycles. The van der Waals surface area contributed by atoms with Crippen LogP contribution in [0.2, 0.25) is 0 Å². The maximum absolute atomic E-state index is 16.1. The summed E-state index contributed by atoms with van der Waals surface area (Å²) in [5.41, 5.74) is 9.37. The number of para-hydroxylation sites is 2. The molecule has 8 nitrogen and oxygen atoms in total. The quantitative estimate of drug-likeness (QED) is 0.0342. The predicted molar refractivity (Wildman–Crippen MR) is 399 cm³/mol. The minimum atomic E-state index is -6.83. The standard InChI is InChI=1S/C88H84F8N2O6/c1-11-15-25-57(13-3)47-97-73-37-35-59(43-67(73)69-45-71(61-27-17-19-29-63(61)79(69)97)83(101)77-53(7)39-51(5)40-54(77)8)81(99)65-31-21-23-33-75(65)103-49-85(89,90)87(93,94)88(95,96)86(91,92)50-104-76-34-24-22-32-66(76)82(100)60-36-38-74-68(44-60)70-46-72(84(102)78-55(9)41-52(6)42-56(78)10)62-28-18-20-30-64(62)80(70)98(74)48-58(14-4)26-16-12-2/h17-24,27-46,57-58H,11-16,25-26,47-50H2,1-10H3. The molecule has 12 rings (SSSR count). The second-order valence-corrected chi connectivity index (χ2v) is 28.2. The zero-order chi connectivity index (χ0) is 74.5.